The highest BCUT2D eigenvalue weighted by atomic mass is 32.1. The SMILES string of the molecule is CCOCCCNC(=O)c1sc(-c2cccnc2)nc1C. The second kappa shape index (κ2) is 7.85. The molecule has 2 rings (SSSR count). The minimum atomic E-state index is -0.0726. The first-order valence-corrected chi connectivity index (χ1v) is 7.77. The molecule has 0 bridgehead atoms. The van der Waals surface area contributed by atoms with E-state index in [4.69, 9.17) is 4.74 Å². The maximum absolute atomic E-state index is 12.1. The lowest BCUT2D eigenvalue weighted by Crippen LogP contribution is -2.25. The Morgan fingerprint density at radius 2 is 2.33 bits per heavy atom. The van der Waals surface area contributed by atoms with Gasteiger partial charge in [-0.2, -0.15) is 0 Å². The molecule has 0 spiro atoms. The number of carbonyl (C=O) groups is 1. The van der Waals surface area contributed by atoms with E-state index in [0.29, 0.717) is 24.6 Å². The van der Waals surface area contributed by atoms with Gasteiger partial charge in [0.05, 0.1) is 5.69 Å². The van der Waals surface area contributed by atoms with Crippen LogP contribution in [0.4, 0.5) is 0 Å². The summed E-state index contributed by atoms with van der Waals surface area (Å²) in [5.41, 5.74) is 1.68. The largest absolute Gasteiger partial charge is 0.382 e. The molecular weight excluding hydrogens is 286 g/mol. The van der Waals surface area contributed by atoms with E-state index < -0.39 is 0 Å². The van der Waals surface area contributed by atoms with E-state index in [-0.39, 0.29) is 5.91 Å². The number of hydrogen-bond acceptors (Lipinski definition) is 5. The van der Waals surface area contributed by atoms with Gasteiger partial charge in [-0.05, 0) is 32.4 Å². The Labute approximate surface area is 128 Å². The minimum absolute atomic E-state index is 0.0726. The number of aromatic nitrogens is 2. The molecule has 1 amide bonds. The average Bonchev–Trinajstić information content (AvgIpc) is 2.90. The molecule has 0 aliphatic carbocycles. The highest BCUT2D eigenvalue weighted by Gasteiger charge is 2.15. The summed E-state index contributed by atoms with van der Waals surface area (Å²) in [4.78, 5) is 21.3. The van der Waals surface area contributed by atoms with Gasteiger partial charge in [0.2, 0.25) is 0 Å². The Bertz CT molecular complexity index is 584. The fourth-order valence-corrected chi connectivity index (χ4v) is 2.79. The summed E-state index contributed by atoms with van der Waals surface area (Å²) in [6.07, 6.45) is 4.28. The maximum atomic E-state index is 12.1. The summed E-state index contributed by atoms with van der Waals surface area (Å²) in [7, 11) is 0. The second-order valence-corrected chi connectivity index (χ2v) is 5.48. The number of aryl methyl sites for hydroxylation is 1. The molecule has 1 N–H and O–H groups in total. The number of ether oxygens (including phenoxy) is 1. The molecule has 0 saturated carbocycles. The first-order chi connectivity index (χ1) is 10.2. The third-order valence-corrected chi connectivity index (χ3v) is 4.07. The summed E-state index contributed by atoms with van der Waals surface area (Å²) < 4.78 is 5.24. The first-order valence-electron chi connectivity index (χ1n) is 6.96. The summed E-state index contributed by atoms with van der Waals surface area (Å²) in [6.45, 7) is 5.79. The third kappa shape index (κ3) is 4.34. The van der Waals surface area contributed by atoms with Crippen LogP contribution in [0.3, 0.4) is 0 Å². The summed E-state index contributed by atoms with van der Waals surface area (Å²) in [5, 5.41) is 3.72. The van der Waals surface area contributed by atoms with Gasteiger partial charge >= 0.3 is 0 Å². The molecule has 0 unspecified atom stereocenters. The molecule has 21 heavy (non-hydrogen) atoms. The smallest absolute Gasteiger partial charge is 0.263 e. The Kier molecular flexibility index (Phi) is 5.83. The van der Waals surface area contributed by atoms with Gasteiger partial charge < -0.3 is 10.1 Å². The fraction of sp³-hybridized carbons (Fsp3) is 0.400. The molecule has 0 aliphatic heterocycles. The van der Waals surface area contributed by atoms with Crippen LogP contribution in [0.5, 0.6) is 0 Å². The molecule has 0 fully saturated rings. The number of carbonyl (C=O) groups excluding carboxylic acids is 1. The Morgan fingerprint density at radius 1 is 1.48 bits per heavy atom. The monoisotopic (exact) mass is 305 g/mol. The van der Waals surface area contributed by atoms with Crippen LogP contribution in [0.2, 0.25) is 0 Å². The summed E-state index contributed by atoms with van der Waals surface area (Å²) in [5.74, 6) is -0.0726. The second-order valence-electron chi connectivity index (χ2n) is 4.48. The molecule has 2 aromatic heterocycles. The number of nitrogens with zero attached hydrogens (tertiary/aromatic N) is 2. The van der Waals surface area contributed by atoms with Crippen LogP contribution in [-0.4, -0.2) is 35.6 Å². The molecule has 2 aromatic rings. The highest BCUT2D eigenvalue weighted by Crippen LogP contribution is 2.27. The van der Waals surface area contributed by atoms with Gasteiger partial charge in [0.15, 0.2) is 0 Å². The minimum Gasteiger partial charge on any atom is -0.382 e. The van der Waals surface area contributed by atoms with Crippen LogP contribution in [0, 0.1) is 6.92 Å². The molecule has 0 radical (unpaired) electrons. The van der Waals surface area contributed by atoms with Gasteiger partial charge in [0, 0.05) is 37.7 Å². The number of nitrogens with one attached hydrogen (secondary N) is 1. The first kappa shape index (κ1) is 15.6. The van der Waals surface area contributed by atoms with Crippen LogP contribution >= 0.6 is 11.3 Å². The van der Waals surface area contributed by atoms with Crippen molar-refractivity contribution in [3.63, 3.8) is 0 Å². The van der Waals surface area contributed by atoms with E-state index >= 15 is 0 Å². The van der Waals surface area contributed by atoms with Gasteiger partial charge in [0.1, 0.15) is 9.88 Å². The van der Waals surface area contributed by atoms with Gasteiger partial charge in [-0.3, -0.25) is 9.78 Å². The number of thiazole rings is 1. The predicted octanol–water partition coefficient (Wildman–Crippen LogP) is 2.67. The van der Waals surface area contributed by atoms with Crippen molar-refractivity contribution in [3.8, 4) is 10.6 Å². The van der Waals surface area contributed by atoms with Gasteiger partial charge in [-0.1, -0.05) is 0 Å². The summed E-state index contributed by atoms with van der Waals surface area (Å²) in [6, 6.07) is 3.80. The predicted molar refractivity (Wildman–Crippen MR) is 83.5 cm³/mol. The topological polar surface area (TPSA) is 64.1 Å². The van der Waals surface area contributed by atoms with Crippen molar-refractivity contribution < 1.29 is 9.53 Å². The summed E-state index contributed by atoms with van der Waals surface area (Å²) >= 11 is 1.39. The van der Waals surface area contributed by atoms with E-state index in [0.717, 1.165) is 22.7 Å². The molecule has 0 aliphatic rings. The zero-order valence-corrected chi connectivity index (χ0v) is 13.1. The lowest BCUT2D eigenvalue weighted by atomic mass is 10.3. The van der Waals surface area contributed by atoms with Crippen molar-refractivity contribution >= 4 is 17.2 Å². The maximum Gasteiger partial charge on any atom is 0.263 e. The van der Waals surface area contributed by atoms with Crippen LogP contribution in [-0.2, 0) is 4.74 Å². The third-order valence-electron chi connectivity index (χ3n) is 2.87. The molecule has 0 aromatic carbocycles. The van der Waals surface area contributed by atoms with E-state index in [1.807, 2.05) is 26.0 Å². The Hall–Kier alpha value is -1.79. The standard InChI is InChI=1S/C15H19N3O2S/c1-3-20-9-5-8-17-14(19)13-11(2)18-15(21-13)12-6-4-7-16-10-12/h4,6-7,10H,3,5,8-9H2,1-2H3,(H,17,19). The molecule has 2 heterocycles. The van der Waals surface area contributed by atoms with Crippen LogP contribution < -0.4 is 5.32 Å². The quantitative estimate of drug-likeness (QED) is 0.799. The molecule has 6 heteroatoms. The lowest BCUT2D eigenvalue weighted by Gasteiger charge is -2.04. The van der Waals surface area contributed by atoms with Gasteiger partial charge in [-0.15, -0.1) is 11.3 Å². The lowest BCUT2D eigenvalue weighted by molar-refractivity contribution is 0.0947. The van der Waals surface area contributed by atoms with Crippen molar-refractivity contribution in [3.05, 3.63) is 35.1 Å². The van der Waals surface area contributed by atoms with Crippen molar-refractivity contribution in [2.45, 2.75) is 20.3 Å². The van der Waals surface area contributed by atoms with Gasteiger partial charge in [-0.25, -0.2) is 4.98 Å². The van der Waals surface area contributed by atoms with Crippen LogP contribution in [0.15, 0.2) is 24.5 Å². The zero-order chi connectivity index (χ0) is 15.1. The molecular formula is C15H19N3O2S. The molecule has 0 atom stereocenters. The van der Waals surface area contributed by atoms with Crippen molar-refractivity contribution in [2.24, 2.45) is 0 Å². The van der Waals surface area contributed by atoms with Crippen molar-refractivity contribution in [2.75, 3.05) is 19.8 Å². The fourth-order valence-electron chi connectivity index (χ4n) is 1.82. The zero-order valence-electron chi connectivity index (χ0n) is 12.3. The van der Waals surface area contributed by atoms with Crippen molar-refractivity contribution in [1.82, 2.24) is 15.3 Å². The number of amides is 1. The Morgan fingerprint density at radius 3 is 3.05 bits per heavy atom. The molecule has 0 saturated heterocycles. The Balaban J connectivity index is 1.97. The normalized spacial score (nSPS) is 10.6. The number of rotatable bonds is 7. The number of pyridine rings is 1. The van der Waals surface area contributed by atoms with Gasteiger partial charge in [0.25, 0.3) is 5.91 Å². The van der Waals surface area contributed by atoms with E-state index in [2.05, 4.69) is 15.3 Å². The molecule has 112 valence electrons. The van der Waals surface area contributed by atoms with Crippen LogP contribution in [0.25, 0.3) is 10.6 Å². The highest BCUT2D eigenvalue weighted by molar-refractivity contribution is 7.17. The van der Waals surface area contributed by atoms with E-state index in [9.17, 15) is 4.79 Å². The van der Waals surface area contributed by atoms with Crippen molar-refractivity contribution in [1.29, 1.82) is 0 Å². The average molecular weight is 305 g/mol. The molecule has 5 nitrogen and oxygen atoms in total. The van der Waals surface area contributed by atoms with Crippen LogP contribution in [0.1, 0.15) is 28.7 Å². The van der Waals surface area contributed by atoms with E-state index in [1.54, 1.807) is 12.4 Å². The number of hydrogen-bond donors (Lipinski definition) is 1. The van der Waals surface area contributed by atoms with E-state index in [1.165, 1.54) is 11.3 Å².